The Bertz CT molecular complexity index is 247. The van der Waals surface area contributed by atoms with Crippen LogP contribution in [0.4, 0.5) is 0 Å². The molecule has 0 aliphatic rings. The predicted octanol–water partition coefficient (Wildman–Crippen LogP) is 3.46. The zero-order valence-electron chi connectivity index (χ0n) is 10.1. The molecule has 0 bridgehead atoms. The van der Waals surface area contributed by atoms with Crippen molar-refractivity contribution in [1.82, 2.24) is 0 Å². The summed E-state index contributed by atoms with van der Waals surface area (Å²) in [6.07, 6.45) is 6.12. The molecule has 0 fully saturated rings. The van der Waals surface area contributed by atoms with Crippen LogP contribution in [0.25, 0.3) is 0 Å². The number of unbranched alkanes of at least 4 members (excludes halogenated alkanes) is 4. The minimum Gasteiger partial charge on any atom is -0.480 e. The lowest BCUT2D eigenvalue weighted by atomic mass is 9.88. The van der Waals surface area contributed by atoms with E-state index in [1.54, 1.807) is 6.92 Å². The van der Waals surface area contributed by atoms with Crippen LogP contribution in [0.3, 0.4) is 0 Å². The Labute approximate surface area is 93.1 Å². The van der Waals surface area contributed by atoms with E-state index < -0.39 is 11.4 Å². The van der Waals surface area contributed by atoms with Crippen molar-refractivity contribution in [3.63, 3.8) is 0 Å². The second kappa shape index (κ2) is 7.34. The van der Waals surface area contributed by atoms with Crippen molar-refractivity contribution < 1.29 is 9.90 Å². The zero-order chi connectivity index (χ0) is 11.7. The molecule has 2 heteroatoms. The molecule has 1 N–H and O–H groups in total. The highest BCUT2D eigenvalue weighted by atomic mass is 16.4. The molecule has 0 aromatic rings. The fourth-order valence-corrected chi connectivity index (χ4v) is 1.19. The number of hydrogen-bond donors (Lipinski definition) is 1. The Morgan fingerprint density at radius 1 is 1.27 bits per heavy atom. The Morgan fingerprint density at radius 2 is 1.93 bits per heavy atom. The quantitative estimate of drug-likeness (QED) is 0.538. The predicted molar refractivity (Wildman–Crippen MR) is 62.6 cm³/mol. The molecule has 0 saturated heterocycles. The van der Waals surface area contributed by atoms with Gasteiger partial charge in [0.25, 0.3) is 0 Å². The van der Waals surface area contributed by atoms with E-state index in [1.807, 2.05) is 6.92 Å². The lowest BCUT2D eigenvalue weighted by molar-refractivity contribution is -0.144. The van der Waals surface area contributed by atoms with Crippen molar-refractivity contribution in [2.45, 2.75) is 59.3 Å². The van der Waals surface area contributed by atoms with Crippen molar-refractivity contribution in [1.29, 1.82) is 0 Å². The van der Waals surface area contributed by atoms with Gasteiger partial charge in [-0.25, -0.2) is 0 Å². The van der Waals surface area contributed by atoms with Crippen LogP contribution in [0.5, 0.6) is 0 Å². The average molecular weight is 210 g/mol. The second-order valence-electron chi connectivity index (χ2n) is 4.10. The highest BCUT2D eigenvalue weighted by Crippen LogP contribution is 2.19. The molecule has 0 aliphatic carbocycles. The van der Waals surface area contributed by atoms with E-state index in [1.165, 1.54) is 19.3 Å². The van der Waals surface area contributed by atoms with Gasteiger partial charge in [-0.3, -0.25) is 4.79 Å². The second-order valence-corrected chi connectivity index (χ2v) is 4.10. The molecule has 0 amide bonds. The van der Waals surface area contributed by atoms with Gasteiger partial charge < -0.3 is 5.11 Å². The van der Waals surface area contributed by atoms with Crippen molar-refractivity contribution in [3.05, 3.63) is 0 Å². The summed E-state index contributed by atoms with van der Waals surface area (Å²) in [6, 6.07) is 0. The lowest BCUT2D eigenvalue weighted by Crippen LogP contribution is -2.24. The summed E-state index contributed by atoms with van der Waals surface area (Å²) in [6.45, 7) is 5.72. The molecule has 0 aromatic carbocycles. The van der Waals surface area contributed by atoms with Crippen LogP contribution in [0, 0.1) is 17.3 Å². The first-order chi connectivity index (χ1) is 7.06. The first-order valence-electron chi connectivity index (χ1n) is 5.80. The van der Waals surface area contributed by atoms with Crippen molar-refractivity contribution in [2.24, 2.45) is 5.41 Å². The summed E-state index contributed by atoms with van der Waals surface area (Å²) in [7, 11) is 0. The summed E-state index contributed by atoms with van der Waals surface area (Å²) in [5, 5.41) is 8.97. The van der Waals surface area contributed by atoms with Crippen LogP contribution < -0.4 is 0 Å². The van der Waals surface area contributed by atoms with Gasteiger partial charge in [-0.2, -0.15) is 0 Å². The van der Waals surface area contributed by atoms with Gasteiger partial charge in [0.1, 0.15) is 5.41 Å². The monoisotopic (exact) mass is 210 g/mol. The number of carbonyl (C=O) groups is 1. The average Bonchev–Trinajstić information content (AvgIpc) is 2.22. The van der Waals surface area contributed by atoms with Gasteiger partial charge in [-0.05, 0) is 19.8 Å². The maximum absolute atomic E-state index is 10.9. The lowest BCUT2D eigenvalue weighted by Gasteiger charge is -2.14. The highest BCUT2D eigenvalue weighted by molar-refractivity contribution is 5.77. The zero-order valence-corrected chi connectivity index (χ0v) is 10.1. The van der Waals surface area contributed by atoms with Crippen LogP contribution in [0.2, 0.25) is 0 Å². The molecule has 0 rings (SSSR count). The van der Waals surface area contributed by atoms with Gasteiger partial charge in [0.2, 0.25) is 0 Å². The Hall–Kier alpha value is -0.970. The maximum atomic E-state index is 10.9. The molecule has 1 unspecified atom stereocenters. The van der Waals surface area contributed by atoms with Gasteiger partial charge in [0, 0.05) is 6.42 Å². The number of hydrogen-bond acceptors (Lipinski definition) is 1. The minimum atomic E-state index is -0.856. The van der Waals surface area contributed by atoms with Crippen molar-refractivity contribution >= 4 is 5.97 Å². The van der Waals surface area contributed by atoms with Crippen LogP contribution >= 0.6 is 0 Å². The van der Waals surface area contributed by atoms with E-state index in [0.717, 1.165) is 12.8 Å². The molecule has 1 atom stereocenters. The van der Waals surface area contributed by atoms with E-state index >= 15 is 0 Å². The summed E-state index contributed by atoms with van der Waals surface area (Å²) in [5.74, 6) is 5.05. The van der Waals surface area contributed by atoms with E-state index in [9.17, 15) is 4.79 Å². The summed E-state index contributed by atoms with van der Waals surface area (Å²) in [4.78, 5) is 10.9. The summed E-state index contributed by atoms with van der Waals surface area (Å²) in [5.41, 5.74) is -0.856. The molecule has 0 spiro atoms. The molecule has 0 heterocycles. The molecule has 0 aromatic heterocycles. The number of rotatable bonds is 6. The molecule has 0 aliphatic heterocycles. The van der Waals surface area contributed by atoms with Crippen LogP contribution in [-0.2, 0) is 4.79 Å². The smallest absolute Gasteiger partial charge is 0.321 e. The third-order valence-corrected chi connectivity index (χ3v) is 2.70. The molecular weight excluding hydrogens is 188 g/mol. The SMILES string of the molecule is CCCCCCC#CC(C)(CC)C(=O)O. The molecule has 15 heavy (non-hydrogen) atoms. The summed E-state index contributed by atoms with van der Waals surface area (Å²) < 4.78 is 0. The van der Waals surface area contributed by atoms with E-state index in [0.29, 0.717) is 6.42 Å². The fraction of sp³-hybridized carbons (Fsp3) is 0.769. The van der Waals surface area contributed by atoms with Crippen molar-refractivity contribution in [3.8, 4) is 11.8 Å². The van der Waals surface area contributed by atoms with Gasteiger partial charge in [-0.15, -0.1) is 5.92 Å². The molecular formula is C13H22O2. The number of carboxylic acid groups (broad SMARTS) is 1. The molecule has 0 radical (unpaired) electrons. The van der Waals surface area contributed by atoms with E-state index in [-0.39, 0.29) is 0 Å². The summed E-state index contributed by atoms with van der Waals surface area (Å²) >= 11 is 0. The maximum Gasteiger partial charge on any atom is 0.321 e. The van der Waals surface area contributed by atoms with Gasteiger partial charge in [0.05, 0.1) is 0 Å². The highest BCUT2D eigenvalue weighted by Gasteiger charge is 2.28. The van der Waals surface area contributed by atoms with Gasteiger partial charge >= 0.3 is 5.97 Å². The fourth-order valence-electron chi connectivity index (χ4n) is 1.19. The number of carboxylic acids is 1. The Balaban J connectivity index is 3.97. The van der Waals surface area contributed by atoms with Crippen LogP contribution in [0.1, 0.15) is 59.3 Å². The minimum absolute atomic E-state index is 0.560. The van der Waals surface area contributed by atoms with E-state index in [2.05, 4.69) is 18.8 Å². The number of aliphatic carboxylic acids is 1. The van der Waals surface area contributed by atoms with E-state index in [4.69, 9.17) is 5.11 Å². The first-order valence-corrected chi connectivity index (χ1v) is 5.80. The van der Waals surface area contributed by atoms with Crippen LogP contribution in [-0.4, -0.2) is 11.1 Å². The normalized spacial score (nSPS) is 13.8. The van der Waals surface area contributed by atoms with Gasteiger partial charge in [-0.1, -0.05) is 39.0 Å². The van der Waals surface area contributed by atoms with Crippen LogP contribution in [0.15, 0.2) is 0 Å². The standard InChI is InChI=1S/C13H22O2/c1-4-6-7-8-9-10-11-13(3,5-2)12(14)15/h4-9H2,1-3H3,(H,14,15). The molecule has 2 nitrogen and oxygen atoms in total. The third kappa shape index (κ3) is 5.47. The Kier molecular flexibility index (Phi) is 6.86. The Morgan fingerprint density at radius 3 is 2.40 bits per heavy atom. The molecule has 0 saturated carbocycles. The largest absolute Gasteiger partial charge is 0.480 e. The third-order valence-electron chi connectivity index (χ3n) is 2.70. The molecule has 86 valence electrons. The van der Waals surface area contributed by atoms with Gasteiger partial charge in [0.15, 0.2) is 0 Å². The topological polar surface area (TPSA) is 37.3 Å². The first kappa shape index (κ1) is 14.0. The van der Waals surface area contributed by atoms with Crippen molar-refractivity contribution in [2.75, 3.05) is 0 Å².